The smallest absolute Gasteiger partial charge is 0.0951 e. The highest BCUT2D eigenvalue weighted by molar-refractivity contribution is 7.99. The normalized spacial score (nSPS) is 16.9. The van der Waals surface area contributed by atoms with Crippen LogP contribution in [0.5, 0.6) is 0 Å². The average Bonchev–Trinajstić information content (AvgIpc) is 2.41. The molecule has 0 amide bonds. The third kappa shape index (κ3) is 2.25. The number of hydrogen-bond donors (Lipinski definition) is 2. The summed E-state index contributed by atoms with van der Waals surface area (Å²) in [6.07, 6.45) is 4.30. The van der Waals surface area contributed by atoms with Crippen molar-refractivity contribution in [2.24, 2.45) is 0 Å². The fraction of sp³-hybridized carbons (Fsp3) is 0.357. The molecule has 0 radical (unpaired) electrons. The lowest BCUT2D eigenvalue weighted by Crippen LogP contribution is -2.24. The predicted molar refractivity (Wildman–Crippen MR) is 80.1 cm³/mol. The Morgan fingerprint density at radius 1 is 1.22 bits per heavy atom. The molecule has 3 rings (SSSR count). The van der Waals surface area contributed by atoms with Crippen molar-refractivity contribution in [2.45, 2.75) is 18.9 Å². The highest BCUT2D eigenvalue weighted by Crippen LogP contribution is 2.28. The van der Waals surface area contributed by atoms with Crippen LogP contribution >= 0.6 is 11.8 Å². The Kier molecular flexibility index (Phi) is 3.28. The van der Waals surface area contributed by atoms with Crippen LogP contribution in [-0.2, 0) is 0 Å². The third-order valence-corrected chi connectivity index (χ3v) is 4.43. The SMILES string of the molecule is Nc1cccc2c(NC3CCSCC3)ccnc12. The van der Waals surface area contributed by atoms with E-state index >= 15 is 0 Å². The number of fused-ring (bicyclic) bond motifs is 1. The van der Waals surface area contributed by atoms with Crippen molar-refractivity contribution in [2.75, 3.05) is 22.6 Å². The van der Waals surface area contributed by atoms with Gasteiger partial charge in [0.25, 0.3) is 0 Å². The van der Waals surface area contributed by atoms with Gasteiger partial charge in [-0.2, -0.15) is 11.8 Å². The summed E-state index contributed by atoms with van der Waals surface area (Å²) in [6.45, 7) is 0. The van der Waals surface area contributed by atoms with E-state index in [4.69, 9.17) is 5.73 Å². The molecule has 4 heteroatoms. The molecule has 0 atom stereocenters. The molecule has 1 fully saturated rings. The number of nitrogen functional groups attached to an aromatic ring is 1. The van der Waals surface area contributed by atoms with Crippen LogP contribution in [0, 0.1) is 0 Å². The minimum absolute atomic E-state index is 0.582. The number of pyridine rings is 1. The first kappa shape index (κ1) is 11.7. The Hall–Kier alpha value is -1.42. The van der Waals surface area contributed by atoms with Gasteiger partial charge in [-0.1, -0.05) is 12.1 Å². The Morgan fingerprint density at radius 3 is 2.89 bits per heavy atom. The van der Waals surface area contributed by atoms with Gasteiger partial charge < -0.3 is 11.1 Å². The lowest BCUT2D eigenvalue weighted by Gasteiger charge is -2.24. The number of anilines is 2. The van der Waals surface area contributed by atoms with Gasteiger partial charge in [0.05, 0.1) is 11.2 Å². The minimum atomic E-state index is 0.582. The van der Waals surface area contributed by atoms with Gasteiger partial charge in [-0.05, 0) is 36.5 Å². The van der Waals surface area contributed by atoms with Gasteiger partial charge in [0.2, 0.25) is 0 Å². The molecule has 1 aliphatic heterocycles. The highest BCUT2D eigenvalue weighted by atomic mass is 32.2. The molecule has 3 nitrogen and oxygen atoms in total. The number of nitrogens with zero attached hydrogens (tertiary/aromatic N) is 1. The van der Waals surface area contributed by atoms with Crippen LogP contribution in [0.1, 0.15) is 12.8 Å². The zero-order chi connectivity index (χ0) is 12.4. The maximum atomic E-state index is 5.96. The first-order valence-electron chi connectivity index (χ1n) is 6.32. The molecule has 0 unspecified atom stereocenters. The van der Waals surface area contributed by atoms with Crippen molar-refractivity contribution in [3.8, 4) is 0 Å². The van der Waals surface area contributed by atoms with Crippen molar-refractivity contribution in [3.63, 3.8) is 0 Å². The van der Waals surface area contributed by atoms with E-state index in [9.17, 15) is 0 Å². The van der Waals surface area contributed by atoms with Gasteiger partial charge in [0.15, 0.2) is 0 Å². The van der Waals surface area contributed by atoms with E-state index in [1.807, 2.05) is 36.2 Å². The molecule has 94 valence electrons. The Labute approximate surface area is 111 Å². The fourth-order valence-electron chi connectivity index (χ4n) is 2.39. The molecule has 1 aromatic carbocycles. The molecule has 18 heavy (non-hydrogen) atoms. The van der Waals surface area contributed by atoms with Crippen LogP contribution in [0.25, 0.3) is 10.9 Å². The van der Waals surface area contributed by atoms with Crippen LogP contribution in [-0.4, -0.2) is 22.5 Å². The molecule has 0 spiro atoms. The summed E-state index contributed by atoms with van der Waals surface area (Å²) >= 11 is 2.04. The Balaban J connectivity index is 1.93. The van der Waals surface area contributed by atoms with E-state index < -0.39 is 0 Å². The summed E-state index contributed by atoms with van der Waals surface area (Å²) < 4.78 is 0. The number of thioether (sulfide) groups is 1. The first-order valence-corrected chi connectivity index (χ1v) is 7.47. The van der Waals surface area contributed by atoms with Crippen molar-refractivity contribution in [1.82, 2.24) is 4.98 Å². The van der Waals surface area contributed by atoms with Gasteiger partial charge >= 0.3 is 0 Å². The van der Waals surface area contributed by atoms with Crippen molar-refractivity contribution < 1.29 is 0 Å². The Morgan fingerprint density at radius 2 is 2.06 bits per heavy atom. The van der Waals surface area contributed by atoms with E-state index in [1.165, 1.54) is 24.3 Å². The van der Waals surface area contributed by atoms with Crippen molar-refractivity contribution in [1.29, 1.82) is 0 Å². The molecule has 2 aromatic rings. The van der Waals surface area contributed by atoms with E-state index in [2.05, 4.69) is 16.4 Å². The average molecular weight is 259 g/mol. The monoisotopic (exact) mass is 259 g/mol. The highest BCUT2D eigenvalue weighted by Gasteiger charge is 2.14. The lowest BCUT2D eigenvalue weighted by atomic mass is 10.1. The fourth-order valence-corrected chi connectivity index (χ4v) is 3.49. The van der Waals surface area contributed by atoms with Crippen LogP contribution in [0.3, 0.4) is 0 Å². The van der Waals surface area contributed by atoms with Crippen LogP contribution in [0.4, 0.5) is 11.4 Å². The summed E-state index contributed by atoms with van der Waals surface area (Å²) in [5.41, 5.74) is 8.76. The topological polar surface area (TPSA) is 50.9 Å². The number of benzene rings is 1. The van der Waals surface area contributed by atoms with Gasteiger partial charge in [0.1, 0.15) is 0 Å². The quantitative estimate of drug-likeness (QED) is 0.814. The van der Waals surface area contributed by atoms with Gasteiger partial charge in [0, 0.05) is 23.3 Å². The molecule has 2 heterocycles. The standard InChI is InChI=1S/C14H17N3S/c15-12-3-1-2-11-13(4-7-16-14(11)12)17-10-5-8-18-9-6-10/h1-4,7,10H,5-6,8-9,15H2,(H,16,17). The maximum Gasteiger partial charge on any atom is 0.0951 e. The van der Waals surface area contributed by atoms with Gasteiger partial charge in [-0.25, -0.2) is 0 Å². The molecular formula is C14H17N3S. The second-order valence-electron chi connectivity index (χ2n) is 4.63. The molecular weight excluding hydrogens is 242 g/mol. The predicted octanol–water partition coefficient (Wildman–Crippen LogP) is 3.12. The molecule has 1 aromatic heterocycles. The molecule has 1 saturated heterocycles. The molecule has 0 aliphatic carbocycles. The largest absolute Gasteiger partial charge is 0.397 e. The van der Waals surface area contributed by atoms with Gasteiger partial charge in [-0.3, -0.25) is 4.98 Å². The van der Waals surface area contributed by atoms with E-state index in [0.717, 1.165) is 22.3 Å². The summed E-state index contributed by atoms with van der Waals surface area (Å²) in [5, 5.41) is 4.76. The second kappa shape index (κ2) is 5.06. The number of nitrogens with one attached hydrogen (secondary N) is 1. The molecule has 1 aliphatic rings. The summed E-state index contributed by atoms with van der Waals surface area (Å²) in [7, 11) is 0. The number of rotatable bonds is 2. The van der Waals surface area contributed by atoms with Crippen molar-refractivity contribution in [3.05, 3.63) is 30.5 Å². The van der Waals surface area contributed by atoms with Gasteiger partial charge in [-0.15, -0.1) is 0 Å². The minimum Gasteiger partial charge on any atom is -0.397 e. The number of nitrogens with two attached hydrogens (primary N) is 1. The number of para-hydroxylation sites is 1. The van der Waals surface area contributed by atoms with Crippen LogP contribution in [0.15, 0.2) is 30.5 Å². The zero-order valence-corrected chi connectivity index (χ0v) is 11.0. The van der Waals surface area contributed by atoms with E-state index in [-0.39, 0.29) is 0 Å². The van der Waals surface area contributed by atoms with Crippen molar-refractivity contribution >= 4 is 34.0 Å². The summed E-state index contributed by atoms with van der Waals surface area (Å²) in [6, 6.07) is 8.60. The van der Waals surface area contributed by atoms with E-state index in [0.29, 0.717) is 6.04 Å². The molecule has 3 N–H and O–H groups in total. The molecule has 0 bridgehead atoms. The lowest BCUT2D eigenvalue weighted by molar-refractivity contribution is 0.667. The number of hydrogen-bond acceptors (Lipinski definition) is 4. The summed E-state index contributed by atoms with van der Waals surface area (Å²) in [4.78, 5) is 4.37. The van der Waals surface area contributed by atoms with Crippen LogP contribution in [0.2, 0.25) is 0 Å². The van der Waals surface area contributed by atoms with E-state index in [1.54, 1.807) is 0 Å². The molecule has 0 saturated carbocycles. The number of aromatic nitrogens is 1. The second-order valence-corrected chi connectivity index (χ2v) is 5.86. The maximum absolute atomic E-state index is 5.96. The van der Waals surface area contributed by atoms with Crippen LogP contribution < -0.4 is 11.1 Å². The third-order valence-electron chi connectivity index (χ3n) is 3.38. The summed E-state index contributed by atoms with van der Waals surface area (Å²) in [5.74, 6) is 2.51. The zero-order valence-electron chi connectivity index (χ0n) is 10.2. The first-order chi connectivity index (χ1) is 8.84. The Bertz CT molecular complexity index is 550.